The molecular formula is C16H19ClO4S. The van der Waals surface area contributed by atoms with Crippen LogP contribution in [0.3, 0.4) is 0 Å². The van der Waals surface area contributed by atoms with E-state index in [0.29, 0.717) is 19.0 Å². The van der Waals surface area contributed by atoms with E-state index in [0.717, 1.165) is 10.6 Å². The van der Waals surface area contributed by atoms with Crippen molar-refractivity contribution in [3.63, 3.8) is 0 Å². The predicted octanol–water partition coefficient (Wildman–Crippen LogP) is 2.63. The van der Waals surface area contributed by atoms with Gasteiger partial charge in [0.1, 0.15) is 12.2 Å². The third kappa shape index (κ3) is 3.35. The summed E-state index contributed by atoms with van der Waals surface area (Å²) in [7, 11) is 0. The Morgan fingerprint density at radius 3 is 3.05 bits per heavy atom. The molecule has 1 aromatic rings. The zero-order chi connectivity index (χ0) is 15.5. The molecule has 22 heavy (non-hydrogen) atoms. The molecule has 0 radical (unpaired) electrons. The average molecular weight is 343 g/mol. The number of halogens is 1. The Kier molecular flexibility index (Phi) is 5.44. The van der Waals surface area contributed by atoms with Gasteiger partial charge in [-0.1, -0.05) is 35.9 Å². The van der Waals surface area contributed by atoms with Crippen LogP contribution in [0.25, 0.3) is 0 Å². The van der Waals surface area contributed by atoms with Gasteiger partial charge in [0.2, 0.25) is 0 Å². The lowest BCUT2D eigenvalue weighted by molar-refractivity contribution is -0.173. The number of ether oxygens (including phenoxy) is 3. The van der Waals surface area contributed by atoms with Crippen molar-refractivity contribution >= 4 is 23.4 Å². The van der Waals surface area contributed by atoms with Crippen LogP contribution in [-0.4, -0.2) is 48.2 Å². The maximum absolute atomic E-state index is 10.6. The van der Waals surface area contributed by atoms with Gasteiger partial charge < -0.3 is 19.3 Å². The number of thioether (sulfide) groups is 1. The van der Waals surface area contributed by atoms with Crippen LogP contribution in [0.2, 0.25) is 5.02 Å². The zero-order valence-corrected chi connectivity index (χ0v) is 13.6. The first kappa shape index (κ1) is 16.3. The van der Waals surface area contributed by atoms with E-state index in [1.165, 1.54) is 0 Å². The third-order valence-corrected chi connectivity index (χ3v) is 5.57. The summed E-state index contributed by atoms with van der Waals surface area (Å²) >= 11 is 7.76. The first-order valence-electron chi connectivity index (χ1n) is 7.23. The normalized spacial score (nSPS) is 33.8. The molecule has 0 amide bonds. The van der Waals surface area contributed by atoms with Gasteiger partial charge in [0.15, 0.2) is 6.29 Å². The molecule has 120 valence electrons. The second kappa shape index (κ2) is 7.34. The lowest BCUT2D eigenvalue weighted by Crippen LogP contribution is -2.53. The monoisotopic (exact) mass is 342 g/mol. The Labute approximate surface area is 139 Å². The summed E-state index contributed by atoms with van der Waals surface area (Å²) in [6, 6.07) is 7.70. The van der Waals surface area contributed by atoms with Gasteiger partial charge in [0.25, 0.3) is 0 Å². The van der Waals surface area contributed by atoms with E-state index in [9.17, 15) is 5.11 Å². The highest BCUT2D eigenvalue weighted by Crippen LogP contribution is 2.38. The Morgan fingerprint density at radius 2 is 2.27 bits per heavy atom. The molecule has 2 fully saturated rings. The van der Waals surface area contributed by atoms with E-state index in [2.05, 4.69) is 6.58 Å². The standard InChI is InChI=1S/C16H19ClO4S/c1-2-7-19-14-12-8-20-16(21-12)15(13(14)18)22-9-10-5-3-4-6-11(10)17/h2-6,12-16,18H,1,7-9H2/t12-,13+,14-,15-,16-/m1/s1. The highest BCUT2D eigenvalue weighted by atomic mass is 35.5. The Bertz CT molecular complexity index is 527. The molecule has 0 unspecified atom stereocenters. The minimum absolute atomic E-state index is 0.204. The van der Waals surface area contributed by atoms with Gasteiger partial charge in [-0.2, -0.15) is 0 Å². The molecule has 2 aliphatic heterocycles. The SMILES string of the molecule is C=CCO[C@H]1[C@H](O)[C@@H](SCc2ccccc2Cl)[C@@H]2OC[C@H]1O2. The number of aliphatic hydroxyl groups is 1. The van der Waals surface area contributed by atoms with Crippen molar-refractivity contribution in [3.05, 3.63) is 47.5 Å². The van der Waals surface area contributed by atoms with E-state index in [1.54, 1.807) is 17.8 Å². The van der Waals surface area contributed by atoms with Crippen molar-refractivity contribution < 1.29 is 19.3 Å². The van der Waals surface area contributed by atoms with Crippen LogP contribution in [0, 0.1) is 0 Å². The molecule has 2 saturated heterocycles. The summed E-state index contributed by atoms with van der Waals surface area (Å²) in [5, 5.41) is 11.1. The van der Waals surface area contributed by atoms with Crippen molar-refractivity contribution in [2.45, 2.75) is 35.6 Å². The summed E-state index contributed by atoms with van der Waals surface area (Å²) in [5.41, 5.74) is 1.03. The van der Waals surface area contributed by atoms with Crippen molar-refractivity contribution in [2.24, 2.45) is 0 Å². The predicted molar refractivity (Wildman–Crippen MR) is 87.1 cm³/mol. The van der Waals surface area contributed by atoms with Crippen LogP contribution in [0.15, 0.2) is 36.9 Å². The number of hydrogen-bond donors (Lipinski definition) is 1. The van der Waals surface area contributed by atoms with Crippen LogP contribution in [0.5, 0.6) is 0 Å². The molecule has 1 aromatic carbocycles. The van der Waals surface area contributed by atoms with Crippen LogP contribution in [-0.2, 0) is 20.0 Å². The molecule has 2 heterocycles. The van der Waals surface area contributed by atoms with Crippen molar-refractivity contribution in [2.75, 3.05) is 13.2 Å². The summed E-state index contributed by atoms with van der Waals surface area (Å²) < 4.78 is 17.1. The minimum atomic E-state index is -0.640. The van der Waals surface area contributed by atoms with Gasteiger partial charge in [-0.05, 0) is 11.6 Å². The number of rotatable bonds is 6. The van der Waals surface area contributed by atoms with Crippen molar-refractivity contribution in [3.8, 4) is 0 Å². The van der Waals surface area contributed by atoms with Gasteiger partial charge in [-0.25, -0.2) is 0 Å². The number of fused-ring (bicyclic) bond motifs is 2. The maximum Gasteiger partial charge on any atom is 0.172 e. The first-order valence-corrected chi connectivity index (χ1v) is 8.66. The summed E-state index contributed by atoms with van der Waals surface area (Å²) in [5.74, 6) is 0.684. The molecule has 0 spiro atoms. The Hall–Kier alpha value is -0.560. The highest BCUT2D eigenvalue weighted by Gasteiger charge is 2.50. The van der Waals surface area contributed by atoms with Crippen LogP contribution in [0.1, 0.15) is 5.56 Å². The fourth-order valence-electron chi connectivity index (χ4n) is 2.72. The second-order valence-electron chi connectivity index (χ2n) is 5.32. The minimum Gasteiger partial charge on any atom is -0.389 e. The number of aliphatic hydroxyl groups excluding tert-OH is 1. The molecular weight excluding hydrogens is 324 g/mol. The van der Waals surface area contributed by atoms with Gasteiger partial charge in [-0.15, -0.1) is 18.3 Å². The summed E-state index contributed by atoms with van der Waals surface area (Å²) in [4.78, 5) is 0. The van der Waals surface area contributed by atoms with E-state index in [-0.39, 0.29) is 17.5 Å². The van der Waals surface area contributed by atoms with E-state index in [1.807, 2.05) is 24.3 Å². The molecule has 6 heteroatoms. The van der Waals surface area contributed by atoms with Crippen LogP contribution < -0.4 is 0 Å². The zero-order valence-electron chi connectivity index (χ0n) is 12.1. The molecule has 3 rings (SSSR count). The topological polar surface area (TPSA) is 47.9 Å². The molecule has 4 nitrogen and oxygen atoms in total. The van der Waals surface area contributed by atoms with E-state index < -0.39 is 12.4 Å². The third-order valence-electron chi connectivity index (χ3n) is 3.84. The second-order valence-corrected chi connectivity index (χ2v) is 6.89. The van der Waals surface area contributed by atoms with E-state index >= 15 is 0 Å². The van der Waals surface area contributed by atoms with E-state index in [4.69, 9.17) is 25.8 Å². The lowest BCUT2D eigenvalue weighted by atomic mass is 10.0. The fraction of sp³-hybridized carbons (Fsp3) is 0.500. The number of hydrogen-bond acceptors (Lipinski definition) is 5. The van der Waals surface area contributed by atoms with Crippen LogP contribution in [0.4, 0.5) is 0 Å². The van der Waals surface area contributed by atoms with Gasteiger partial charge in [0, 0.05) is 10.8 Å². The molecule has 2 bridgehead atoms. The molecule has 0 aromatic heterocycles. The molecule has 5 atom stereocenters. The highest BCUT2D eigenvalue weighted by molar-refractivity contribution is 7.99. The molecule has 2 aliphatic rings. The molecule has 0 saturated carbocycles. The smallest absolute Gasteiger partial charge is 0.172 e. The van der Waals surface area contributed by atoms with Crippen LogP contribution >= 0.6 is 23.4 Å². The van der Waals surface area contributed by atoms with Crippen molar-refractivity contribution in [1.29, 1.82) is 0 Å². The largest absolute Gasteiger partial charge is 0.389 e. The Balaban J connectivity index is 1.66. The van der Waals surface area contributed by atoms with Gasteiger partial charge in [-0.3, -0.25) is 0 Å². The first-order chi connectivity index (χ1) is 10.7. The van der Waals surface area contributed by atoms with Gasteiger partial charge in [0.05, 0.1) is 24.6 Å². The lowest BCUT2D eigenvalue weighted by Gasteiger charge is -2.37. The number of benzene rings is 1. The quantitative estimate of drug-likeness (QED) is 0.805. The van der Waals surface area contributed by atoms with Gasteiger partial charge >= 0.3 is 0 Å². The molecule has 0 aliphatic carbocycles. The average Bonchev–Trinajstić information content (AvgIpc) is 2.94. The summed E-state index contributed by atoms with van der Waals surface area (Å²) in [6.07, 6.45) is 0.0351. The molecule has 1 N–H and O–H groups in total. The summed E-state index contributed by atoms with van der Waals surface area (Å²) in [6.45, 7) is 4.47. The fourth-order valence-corrected chi connectivity index (χ4v) is 4.27. The Morgan fingerprint density at radius 1 is 1.45 bits per heavy atom. The maximum atomic E-state index is 10.6. The van der Waals surface area contributed by atoms with Crippen molar-refractivity contribution in [1.82, 2.24) is 0 Å².